The van der Waals surface area contributed by atoms with Gasteiger partial charge in [0.25, 0.3) is 10.0 Å². The van der Waals surface area contributed by atoms with E-state index in [1.165, 1.54) is 21.9 Å². The maximum absolute atomic E-state index is 13.5. The molecular formula is C32H28NO2PS2. The predicted octanol–water partition coefficient (Wildman–Crippen LogP) is 7.25. The van der Waals surface area contributed by atoms with E-state index in [0.29, 0.717) is 5.70 Å². The first-order valence-corrected chi connectivity index (χ1v) is 16.1. The summed E-state index contributed by atoms with van der Waals surface area (Å²) >= 11 is 1.52. The highest BCUT2D eigenvalue weighted by Crippen LogP contribution is 2.51. The van der Waals surface area contributed by atoms with Crippen molar-refractivity contribution in [3.05, 3.63) is 155 Å². The number of hydrogen-bond donors (Lipinski definition) is 1. The van der Waals surface area contributed by atoms with Gasteiger partial charge in [0.1, 0.15) is 0 Å². The minimum atomic E-state index is -3.79. The molecule has 6 heteroatoms. The number of rotatable bonds is 9. The van der Waals surface area contributed by atoms with Crippen molar-refractivity contribution in [2.75, 3.05) is 0 Å². The lowest BCUT2D eigenvalue weighted by Crippen LogP contribution is -2.23. The molecule has 1 heterocycles. The monoisotopic (exact) mass is 553 g/mol. The molecule has 1 aromatic heterocycles. The lowest BCUT2D eigenvalue weighted by Gasteiger charge is -2.28. The molecule has 0 spiro atoms. The number of aryl methyl sites for hydroxylation is 1. The topological polar surface area (TPSA) is 46.2 Å². The van der Waals surface area contributed by atoms with Gasteiger partial charge in [-0.25, -0.2) is 8.42 Å². The van der Waals surface area contributed by atoms with Crippen LogP contribution in [0.5, 0.6) is 0 Å². The van der Waals surface area contributed by atoms with Crippen molar-refractivity contribution in [3.63, 3.8) is 0 Å². The molecule has 3 nitrogen and oxygen atoms in total. The molecule has 5 aromatic rings. The SMILES string of the molecule is Cc1ccc(S(=O)(=O)N/C(=C\[C@H](c2ccccc2)P(c2ccccc2)c2ccccc2)c2cccs2)cc1. The van der Waals surface area contributed by atoms with Crippen molar-refractivity contribution in [3.8, 4) is 0 Å². The highest BCUT2D eigenvalue weighted by molar-refractivity contribution is 7.89. The molecule has 190 valence electrons. The van der Waals surface area contributed by atoms with Gasteiger partial charge in [-0.3, -0.25) is 4.72 Å². The zero-order valence-corrected chi connectivity index (χ0v) is 23.5. The summed E-state index contributed by atoms with van der Waals surface area (Å²) in [6.07, 6.45) is 2.11. The van der Waals surface area contributed by atoms with Crippen molar-refractivity contribution in [1.82, 2.24) is 4.72 Å². The van der Waals surface area contributed by atoms with Crippen molar-refractivity contribution < 1.29 is 8.42 Å². The number of hydrogen-bond acceptors (Lipinski definition) is 3. The maximum atomic E-state index is 13.5. The van der Waals surface area contributed by atoms with Gasteiger partial charge in [0.15, 0.2) is 0 Å². The van der Waals surface area contributed by atoms with Crippen LogP contribution in [-0.4, -0.2) is 8.42 Å². The molecule has 0 bridgehead atoms. The third-order valence-corrected chi connectivity index (χ3v) is 11.2. The Morgan fingerprint density at radius 2 is 1.29 bits per heavy atom. The lowest BCUT2D eigenvalue weighted by molar-refractivity contribution is 0.591. The Labute approximate surface area is 230 Å². The van der Waals surface area contributed by atoms with Crippen molar-refractivity contribution in [1.29, 1.82) is 0 Å². The van der Waals surface area contributed by atoms with Gasteiger partial charge in [0.05, 0.1) is 15.5 Å². The average molecular weight is 554 g/mol. The van der Waals surface area contributed by atoms with Crippen LogP contribution in [0.1, 0.15) is 21.7 Å². The standard InChI is InChI=1S/C32H28NO2PS2/c1-25-19-21-29(22-20-25)38(34,35)33-30(32-18-11-23-37-32)24-31(26-12-5-2-6-13-26)36(27-14-7-3-8-15-27)28-16-9-4-10-17-28/h2-24,31,33H,1H3/b30-24-/t31-/m1/s1. The second-order valence-electron chi connectivity index (χ2n) is 8.87. The number of nitrogens with one attached hydrogen (secondary N) is 1. The van der Waals surface area contributed by atoms with Gasteiger partial charge >= 0.3 is 0 Å². The molecule has 0 fully saturated rings. The molecule has 0 aliphatic heterocycles. The summed E-state index contributed by atoms with van der Waals surface area (Å²) in [5.41, 5.74) is 2.66. The Morgan fingerprint density at radius 1 is 0.737 bits per heavy atom. The van der Waals surface area contributed by atoms with Gasteiger partial charge in [-0.2, -0.15) is 0 Å². The predicted molar refractivity (Wildman–Crippen MR) is 162 cm³/mol. The van der Waals surface area contributed by atoms with E-state index in [1.54, 1.807) is 12.1 Å². The minimum Gasteiger partial charge on any atom is -0.278 e. The van der Waals surface area contributed by atoms with Crippen molar-refractivity contribution in [2.45, 2.75) is 17.5 Å². The molecule has 38 heavy (non-hydrogen) atoms. The van der Waals surface area contributed by atoms with Crippen LogP contribution in [0.4, 0.5) is 0 Å². The normalized spacial score (nSPS) is 12.8. The molecule has 4 aromatic carbocycles. The molecule has 1 atom stereocenters. The van der Waals surface area contributed by atoms with E-state index in [1.807, 2.05) is 66.9 Å². The van der Waals surface area contributed by atoms with Crippen LogP contribution in [0.2, 0.25) is 0 Å². The third kappa shape index (κ3) is 6.14. The highest BCUT2D eigenvalue weighted by Gasteiger charge is 2.27. The quantitative estimate of drug-likeness (QED) is 0.196. The summed E-state index contributed by atoms with van der Waals surface area (Å²) in [5.74, 6) is 0. The van der Waals surface area contributed by atoms with Crippen LogP contribution in [0.25, 0.3) is 5.70 Å². The number of benzene rings is 4. The van der Waals surface area contributed by atoms with Crippen LogP contribution in [0.15, 0.2) is 144 Å². The molecule has 0 aliphatic carbocycles. The fourth-order valence-corrected chi connectivity index (χ4v) is 8.84. The summed E-state index contributed by atoms with van der Waals surface area (Å²) in [5, 5.41) is 4.43. The highest BCUT2D eigenvalue weighted by atomic mass is 32.2. The first-order valence-electron chi connectivity index (χ1n) is 12.3. The van der Waals surface area contributed by atoms with Crippen LogP contribution < -0.4 is 15.3 Å². The molecule has 0 saturated carbocycles. The van der Waals surface area contributed by atoms with Gasteiger partial charge in [0, 0.05) is 5.66 Å². The van der Waals surface area contributed by atoms with E-state index >= 15 is 0 Å². The van der Waals surface area contributed by atoms with E-state index in [-0.39, 0.29) is 10.6 Å². The largest absolute Gasteiger partial charge is 0.278 e. The first-order chi connectivity index (χ1) is 18.5. The molecule has 0 radical (unpaired) electrons. The molecule has 5 rings (SSSR count). The van der Waals surface area contributed by atoms with Crippen LogP contribution in [0.3, 0.4) is 0 Å². The Bertz CT molecular complexity index is 1550. The first kappa shape index (κ1) is 26.1. The molecule has 1 N–H and O–H groups in total. The molecule has 0 saturated heterocycles. The zero-order chi connectivity index (χ0) is 26.4. The number of sulfonamides is 1. The molecule has 0 amide bonds. The summed E-state index contributed by atoms with van der Waals surface area (Å²) in [6.45, 7) is 1.95. The van der Waals surface area contributed by atoms with Gasteiger partial charge in [0.2, 0.25) is 0 Å². The Balaban J connectivity index is 1.68. The third-order valence-electron chi connectivity index (χ3n) is 6.17. The van der Waals surface area contributed by atoms with Gasteiger partial charge in [-0.15, -0.1) is 11.3 Å². The minimum absolute atomic E-state index is 0.0752. The number of thiophene rings is 1. The van der Waals surface area contributed by atoms with E-state index in [9.17, 15) is 8.42 Å². The van der Waals surface area contributed by atoms with E-state index in [4.69, 9.17) is 0 Å². The van der Waals surface area contributed by atoms with Crippen LogP contribution in [0, 0.1) is 6.92 Å². The molecule has 0 unspecified atom stereocenters. The summed E-state index contributed by atoms with van der Waals surface area (Å²) in [6, 6.07) is 42.2. The average Bonchev–Trinajstić information content (AvgIpc) is 3.49. The maximum Gasteiger partial charge on any atom is 0.261 e. The molecule has 0 aliphatic rings. The van der Waals surface area contributed by atoms with E-state index in [0.717, 1.165) is 16.0 Å². The summed E-state index contributed by atoms with van der Waals surface area (Å²) in [7, 11) is -4.70. The number of allylic oxidation sites excluding steroid dienone is 1. The second-order valence-corrected chi connectivity index (χ2v) is 13.8. The lowest BCUT2D eigenvalue weighted by atomic mass is 10.1. The Kier molecular flexibility index (Phi) is 8.19. The van der Waals surface area contributed by atoms with Gasteiger partial charge < -0.3 is 0 Å². The summed E-state index contributed by atoms with van der Waals surface area (Å²) < 4.78 is 30.0. The fourth-order valence-electron chi connectivity index (χ4n) is 4.29. The Hall–Kier alpha value is -3.50. The Morgan fingerprint density at radius 3 is 1.82 bits per heavy atom. The fraction of sp³-hybridized carbons (Fsp3) is 0.0625. The zero-order valence-electron chi connectivity index (χ0n) is 20.9. The van der Waals surface area contributed by atoms with E-state index < -0.39 is 17.9 Å². The summed E-state index contributed by atoms with van der Waals surface area (Å²) in [4.78, 5) is 1.12. The van der Waals surface area contributed by atoms with Gasteiger partial charge in [-0.1, -0.05) is 115 Å². The van der Waals surface area contributed by atoms with E-state index in [2.05, 4.69) is 71.5 Å². The second kappa shape index (κ2) is 11.9. The smallest absolute Gasteiger partial charge is 0.261 e. The van der Waals surface area contributed by atoms with Crippen molar-refractivity contribution in [2.24, 2.45) is 0 Å². The van der Waals surface area contributed by atoms with Gasteiger partial charge in [-0.05, 0) is 60.7 Å². The van der Waals surface area contributed by atoms with Crippen molar-refractivity contribution >= 4 is 45.6 Å². The van der Waals surface area contributed by atoms with Crippen LogP contribution >= 0.6 is 19.3 Å². The molecular weight excluding hydrogens is 525 g/mol. The van der Waals surface area contributed by atoms with Crippen LogP contribution in [-0.2, 0) is 10.0 Å².